The maximum atomic E-state index is 12.8. The lowest BCUT2D eigenvalue weighted by Crippen LogP contribution is -2.05. The van der Waals surface area contributed by atoms with Gasteiger partial charge in [-0.3, -0.25) is 4.98 Å². The van der Waals surface area contributed by atoms with Gasteiger partial charge in [0.15, 0.2) is 0 Å². The van der Waals surface area contributed by atoms with Gasteiger partial charge in [0.1, 0.15) is 5.75 Å². The molecule has 126 valence electrons. The molecule has 0 aliphatic rings. The molecule has 0 radical (unpaired) electrons. The Kier molecular flexibility index (Phi) is 4.22. The van der Waals surface area contributed by atoms with Crippen LogP contribution in [-0.2, 0) is 6.18 Å². The molecule has 0 unspecified atom stereocenters. The Morgan fingerprint density at radius 3 is 2.67 bits per heavy atom. The van der Waals surface area contributed by atoms with Crippen LogP contribution in [0.25, 0.3) is 22.2 Å². The molecule has 1 aromatic carbocycles. The van der Waals surface area contributed by atoms with Crippen LogP contribution < -0.4 is 4.74 Å². The summed E-state index contributed by atoms with van der Waals surface area (Å²) in [5.41, 5.74) is 1.46. The highest BCUT2D eigenvalue weighted by molar-refractivity contribution is 5.87. The summed E-state index contributed by atoms with van der Waals surface area (Å²) in [6.07, 6.45) is -1.11. The Balaban J connectivity index is 2.01. The van der Waals surface area contributed by atoms with E-state index >= 15 is 0 Å². The largest absolute Gasteiger partial charge is 0.491 e. The van der Waals surface area contributed by atoms with Crippen LogP contribution in [0.5, 0.6) is 5.75 Å². The fourth-order valence-corrected chi connectivity index (χ4v) is 2.43. The molecule has 3 rings (SSSR count). The second-order valence-corrected chi connectivity index (χ2v) is 6.06. The maximum absolute atomic E-state index is 12.8. The number of nitrogens with one attached hydrogen (secondary N) is 1. The zero-order valence-corrected chi connectivity index (χ0v) is 13.3. The van der Waals surface area contributed by atoms with Crippen molar-refractivity contribution in [1.82, 2.24) is 9.97 Å². The lowest BCUT2D eigenvalue weighted by Gasteiger charge is -2.11. The van der Waals surface area contributed by atoms with Crippen molar-refractivity contribution in [2.24, 2.45) is 5.92 Å². The van der Waals surface area contributed by atoms with Gasteiger partial charge in [0, 0.05) is 22.7 Å². The monoisotopic (exact) mass is 334 g/mol. The smallest absolute Gasteiger partial charge is 0.416 e. The normalized spacial score (nSPS) is 12.1. The zero-order valence-electron chi connectivity index (χ0n) is 13.3. The molecule has 0 spiro atoms. The van der Waals surface area contributed by atoms with Crippen LogP contribution in [0.1, 0.15) is 19.4 Å². The summed E-state index contributed by atoms with van der Waals surface area (Å²) in [7, 11) is 0. The SMILES string of the molecule is CC(C)COc1cnccc1-c1cc2cc(C(F)(F)F)ccc2[nH]1. The number of hydrogen-bond acceptors (Lipinski definition) is 2. The van der Waals surface area contributed by atoms with E-state index < -0.39 is 11.7 Å². The third kappa shape index (κ3) is 3.37. The van der Waals surface area contributed by atoms with E-state index in [1.165, 1.54) is 6.07 Å². The number of alkyl halides is 3. The second-order valence-electron chi connectivity index (χ2n) is 6.06. The molecule has 24 heavy (non-hydrogen) atoms. The van der Waals surface area contributed by atoms with E-state index in [4.69, 9.17) is 4.74 Å². The van der Waals surface area contributed by atoms with Gasteiger partial charge in [-0.1, -0.05) is 13.8 Å². The number of fused-ring (bicyclic) bond motifs is 1. The van der Waals surface area contributed by atoms with Gasteiger partial charge in [0.2, 0.25) is 0 Å². The molecule has 0 aliphatic carbocycles. The molecule has 3 aromatic rings. The number of hydrogen-bond donors (Lipinski definition) is 1. The average Bonchev–Trinajstić information content (AvgIpc) is 2.95. The molecule has 0 atom stereocenters. The van der Waals surface area contributed by atoms with E-state index in [1.54, 1.807) is 24.5 Å². The number of nitrogens with zero attached hydrogens (tertiary/aromatic N) is 1. The van der Waals surface area contributed by atoms with E-state index in [0.29, 0.717) is 34.9 Å². The highest BCUT2D eigenvalue weighted by atomic mass is 19.4. The first-order valence-corrected chi connectivity index (χ1v) is 7.62. The number of benzene rings is 1. The average molecular weight is 334 g/mol. The Hall–Kier alpha value is -2.50. The Morgan fingerprint density at radius 1 is 1.17 bits per heavy atom. The van der Waals surface area contributed by atoms with Crippen LogP contribution >= 0.6 is 0 Å². The van der Waals surface area contributed by atoms with Gasteiger partial charge in [-0.2, -0.15) is 13.2 Å². The fraction of sp³-hybridized carbons (Fsp3) is 0.278. The number of halogens is 3. The first-order valence-electron chi connectivity index (χ1n) is 7.62. The van der Waals surface area contributed by atoms with E-state index in [0.717, 1.165) is 17.7 Å². The number of aromatic nitrogens is 2. The Labute approximate surface area is 137 Å². The minimum Gasteiger partial charge on any atom is -0.491 e. The number of H-pyrrole nitrogens is 1. The molecule has 0 bridgehead atoms. The lowest BCUT2D eigenvalue weighted by atomic mass is 10.1. The number of aromatic amines is 1. The highest BCUT2D eigenvalue weighted by Crippen LogP contribution is 2.35. The van der Waals surface area contributed by atoms with Crippen molar-refractivity contribution >= 4 is 10.9 Å². The Bertz CT molecular complexity index is 853. The van der Waals surface area contributed by atoms with Crippen LogP contribution in [0, 0.1) is 5.92 Å². The van der Waals surface area contributed by atoms with Crippen LogP contribution in [0.3, 0.4) is 0 Å². The molecular weight excluding hydrogens is 317 g/mol. The molecule has 0 saturated carbocycles. The standard InChI is InChI=1S/C18H17F3N2O/c1-11(2)10-24-17-9-22-6-5-14(17)16-8-12-7-13(18(19,20)21)3-4-15(12)23-16/h3-9,11,23H,10H2,1-2H3. The Morgan fingerprint density at radius 2 is 1.96 bits per heavy atom. The van der Waals surface area contributed by atoms with Gasteiger partial charge in [-0.05, 0) is 36.2 Å². The maximum Gasteiger partial charge on any atom is 0.416 e. The predicted molar refractivity (Wildman–Crippen MR) is 86.9 cm³/mol. The summed E-state index contributed by atoms with van der Waals surface area (Å²) in [6, 6.07) is 7.14. The molecular formula is C18H17F3N2O. The third-order valence-corrected chi connectivity index (χ3v) is 3.59. The van der Waals surface area contributed by atoms with Crippen molar-refractivity contribution < 1.29 is 17.9 Å². The van der Waals surface area contributed by atoms with E-state index in [-0.39, 0.29) is 0 Å². The summed E-state index contributed by atoms with van der Waals surface area (Å²) < 4.78 is 44.3. The van der Waals surface area contributed by atoms with E-state index in [1.807, 2.05) is 13.8 Å². The first kappa shape index (κ1) is 16.4. The van der Waals surface area contributed by atoms with Gasteiger partial charge in [-0.15, -0.1) is 0 Å². The van der Waals surface area contributed by atoms with Gasteiger partial charge < -0.3 is 9.72 Å². The van der Waals surface area contributed by atoms with Crippen molar-refractivity contribution in [3.63, 3.8) is 0 Å². The van der Waals surface area contributed by atoms with Crippen molar-refractivity contribution in [2.45, 2.75) is 20.0 Å². The number of rotatable bonds is 4. The second kappa shape index (κ2) is 6.19. The summed E-state index contributed by atoms with van der Waals surface area (Å²) in [6.45, 7) is 4.62. The topological polar surface area (TPSA) is 37.9 Å². The van der Waals surface area contributed by atoms with E-state index in [9.17, 15) is 13.2 Å². The van der Waals surface area contributed by atoms with Crippen LogP contribution in [0.2, 0.25) is 0 Å². The summed E-state index contributed by atoms with van der Waals surface area (Å²) in [4.78, 5) is 7.20. The van der Waals surface area contributed by atoms with Crippen molar-refractivity contribution in [1.29, 1.82) is 0 Å². The first-order chi connectivity index (χ1) is 11.3. The fourth-order valence-electron chi connectivity index (χ4n) is 2.43. The predicted octanol–water partition coefficient (Wildman–Crippen LogP) is 5.28. The minimum absolute atomic E-state index is 0.357. The van der Waals surface area contributed by atoms with Crippen molar-refractivity contribution in [2.75, 3.05) is 6.61 Å². The molecule has 0 saturated heterocycles. The molecule has 0 aliphatic heterocycles. The summed E-state index contributed by atoms with van der Waals surface area (Å²) in [5, 5.41) is 0.506. The summed E-state index contributed by atoms with van der Waals surface area (Å²) >= 11 is 0. The van der Waals surface area contributed by atoms with Crippen molar-refractivity contribution in [3.05, 3.63) is 48.3 Å². The van der Waals surface area contributed by atoms with Gasteiger partial charge >= 0.3 is 6.18 Å². The molecule has 6 heteroatoms. The van der Waals surface area contributed by atoms with Crippen LogP contribution in [0.15, 0.2) is 42.7 Å². The van der Waals surface area contributed by atoms with Gasteiger partial charge in [-0.25, -0.2) is 0 Å². The third-order valence-electron chi connectivity index (χ3n) is 3.59. The number of pyridine rings is 1. The molecule has 3 nitrogen and oxygen atoms in total. The highest BCUT2D eigenvalue weighted by Gasteiger charge is 2.30. The molecule has 1 N–H and O–H groups in total. The quantitative estimate of drug-likeness (QED) is 0.704. The van der Waals surface area contributed by atoms with E-state index in [2.05, 4.69) is 9.97 Å². The van der Waals surface area contributed by atoms with Crippen LogP contribution in [0.4, 0.5) is 13.2 Å². The van der Waals surface area contributed by atoms with Gasteiger partial charge in [0.25, 0.3) is 0 Å². The van der Waals surface area contributed by atoms with Gasteiger partial charge in [0.05, 0.1) is 24.1 Å². The summed E-state index contributed by atoms with van der Waals surface area (Å²) in [5.74, 6) is 0.962. The minimum atomic E-state index is -4.35. The zero-order chi connectivity index (χ0) is 17.3. The number of ether oxygens (including phenoxy) is 1. The molecule has 0 fully saturated rings. The molecule has 2 heterocycles. The van der Waals surface area contributed by atoms with Crippen LogP contribution in [-0.4, -0.2) is 16.6 Å². The molecule has 2 aromatic heterocycles. The lowest BCUT2D eigenvalue weighted by molar-refractivity contribution is -0.137. The van der Waals surface area contributed by atoms with Crippen molar-refractivity contribution in [3.8, 4) is 17.0 Å². The molecule has 0 amide bonds.